The van der Waals surface area contributed by atoms with Crippen molar-refractivity contribution in [1.82, 2.24) is 10.2 Å². The Hall–Kier alpha value is -1.69. The van der Waals surface area contributed by atoms with E-state index >= 15 is 0 Å². The van der Waals surface area contributed by atoms with Crippen LogP contribution in [0.5, 0.6) is 5.75 Å². The molecule has 6 heteroatoms. The number of nitrogens with zero attached hydrogens (tertiary/aromatic N) is 1. The number of methoxy groups -OCH3 is 1. The van der Waals surface area contributed by atoms with Crippen LogP contribution in [0.3, 0.4) is 0 Å². The molecule has 0 aromatic heterocycles. The third-order valence-corrected chi connectivity index (χ3v) is 4.36. The average Bonchev–Trinajstić information content (AvgIpc) is 2.50. The number of carbonyl (C=O) groups is 2. The van der Waals surface area contributed by atoms with E-state index in [4.69, 9.17) is 4.74 Å². The van der Waals surface area contributed by atoms with Crippen molar-refractivity contribution in [2.24, 2.45) is 0 Å². The zero-order valence-electron chi connectivity index (χ0n) is 15.4. The summed E-state index contributed by atoms with van der Waals surface area (Å²) in [6.45, 7) is 10.1. The summed E-state index contributed by atoms with van der Waals surface area (Å²) in [5.41, 5.74) is -0.303. The quantitative estimate of drug-likeness (QED) is 0.767. The first-order valence-electron chi connectivity index (χ1n) is 8.06. The van der Waals surface area contributed by atoms with E-state index in [0.717, 1.165) is 10.6 Å². The first kappa shape index (κ1) is 20.4. The highest BCUT2D eigenvalue weighted by molar-refractivity contribution is 8.00. The Morgan fingerprint density at radius 2 is 1.83 bits per heavy atom. The van der Waals surface area contributed by atoms with E-state index in [1.54, 1.807) is 12.0 Å². The zero-order valence-corrected chi connectivity index (χ0v) is 16.2. The molecular weight excluding hydrogens is 324 g/mol. The minimum absolute atomic E-state index is 0.0395. The van der Waals surface area contributed by atoms with Gasteiger partial charge in [0.15, 0.2) is 0 Å². The second kappa shape index (κ2) is 8.97. The fraction of sp³-hybridized carbons (Fsp3) is 0.556. The van der Waals surface area contributed by atoms with Crippen LogP contribution < -0.4 is 10.1 Å². The standard InChI is InChI=1S/C18H28N2O3S/c1-7-20(12-16(21)19-18(3,4)5)17(22)13(2)24-15-10-8-14(23-6)9-11-15/h8-11,13H,7,12H2,1-6H3,(H,19,21). The summed E-state index contributed by atoms with van der Waals surface area (Å²) in [5, 5.41) is 2.62. The van der Waals surface area contributed by atoms with Gasteiger partial charge in [-0.25, -0.2) is 0 Å². The van der Waals surface area contributed by atoms with Crippen LogP contribution in [0, 0.1) is 0 Å². The van der Waals surface area contributed by atoms with Gasteiger partial charge in [-0.3, -0.25) is 9.59 Å². The molecule has 0 radical (unpaired) electrons. The molecule has 0 aliphatic rings. The lowest BCUT2D eigenvalue weighted by Crippen LogP contribution is -2.48. The number of hydrogen-bond donors (Lipinski definition) is 1. The predicted octanol–water partition coefficient (Wildman–Crippen LogP) is 2.94. The highest BCUT2D eigenvalue weighted by atomic mass is 32.2. The summed E-state index contributed by atoms with van der Waals surface area (Å²) in [7, 11) is 1.62. The molecule has 0 aliphatic carbocycles. The highest BCUT2D eigenvalue weighted by Gasteiger charge is 2.23. The molecule has 5 nitrogen and oxygen atoms in total. The molecule has 0 aliphatic heterocycles. The Morgan fingerprint density at radius 3 is 2.29 bits per heavy atom. The highest BCUT2D eigenvalue weighted by Crippen LogP contribution is 2.26. The molecule has 0 heterocycles. The monoisotopic (exact) mass is 352 g/mol. The Kier molecular flexibility index (Phi) is 7.60. The fourth-order valence-electron chi connectivity index (χ4n) is 2.14. The molecule has 0 saturated carbocycles. The summed E-state index contributed by atoms with van der Waals surface area (Å²) in [6.07, 6.45) is 0. The molecule has 0 spiro atoms. The van der Waals surface area contributed by atoms with Gasteiger partial charge in [0.1, 0.15) is 5.75 Å². The molecule has 1 N–H and O–H groups in total. The molecule has 134 valence electrons. The van der Waals surface area contributed by atoms with Crippen molar-refractivity contribution in [3.8, 4) is 5.75 Å². The maximum Gasteiger partial charge on any atom is 0.240 e. The van der Waals surface area contributed by atoms with Gasteiger partial charge in [-0.1, -0.05) is 0 Å². The molecular formula is C18H28N2O3S. The number of thioether (sulfide) groups is 1. The molecule has 2 amide bonds. The zero-order chi connectivity index (χ0) is 18.3. The lowest BCUT2D eigenvalue weighted by atomic mass is 10.1. The summed E-state index contributed by atoms with van der Waals surface area (Å²) in [6, 6.07) is 7.59. The molecule has 24 heavy (non-hydrogen) atoms. The van der Waals surface area contributed by atoms with E-state index in [0.29, 0.717) is 6.54 Å². The van der Waals surface area contributed by atoms with Crippen molar-refractivity contribution in [3.05, 3.63) is 24.3 Å². The van der Waals surface area contributed by atoms with Crippen LogP contribution in [0.1, 0.15) is 34.6 Å². The number of amides is 2. The molecule has 1 unspecified atom stereocenters. The second-order valence-corrected chi connectivity index (χ2v) is 8.00. The number of hydrogen-bond acceptors (Lipinski definition) is 4. The summed E-state index contributed by atoms with van der Waals surface area (Å²) in [4.78, 5) is 27.2. The minimum atomic E-state index is -0.303. The third-order valence-electron chi connectivity index (χ3n) is 3.26. The number of likely N-dealkylation sites (N-methyl/N-ethyl adjacent to an activating group) is 1. The number of ether oxygens (including phenoxy) is 1. The van der Waals surface area contributed by atoms with Gasteiger partial charge in [0.25, 0.3) is 0 Å². The number of rotatable bonds is 7. The van der Waals surface area contributed by atoms with Crippen LogP contribution in [-0.2, 0) is 9.59 Å². The Morgan fingerprint density at radius 1 is 1.25 bits per heavy atom. The topological polar surface area (TPSA) is 58.6 Å². The average molecular weight is 353 g/mol. The molecule has 0 bridgehead atoms. The molecule has 1 atom stereocenters. The molecule has 1 aromatic rings. The lowest BCUT2D eigenvalue weighted by molar-refractivity contribution is -0.135. The normalized spacial score (nSPS) is 12.4. The summed E-state index contributed by atoms with van der Waals surface area (Å²) in [5.74, 6) is 0.606. The van der Waals surface area contributed by atoms with Crippen LogP contribution in [-0.4, -0.2) is 47.7 Å². The van der Waals surface area contributed by atoms with E-state index in [1.807, 2.05) is 58.9 Å². The molecule has 1 aromatic carbocycles. The molecule has 0 saturated heterocycles. The van der Waals surface area contributed by atoms with Crippen molar-refractivity contribution < 1.29 is 14.3 Å². The second-order valence-electron chi connectivity index (χ2n) is 6.59. The number of carbonyl (C=O) groups excluding carboxylic acids is 2. The van der Waals surface area contributed by atoms with Gasteiger partial charge in [-0.05, 0) is 58.9 Å². The van der Waals surface area contributed by atoms with Crippen molar-refractivity contribution in [3.63, 3.8) is 0 Å². The van der Waals surface area contributed by atoms with Gasteiger partial charge in [0.05, 0.1) is 18.9 Å². The Bertz CT molecular complexity index is 552. The Balaban J connectivity index is 2.65. The van der Waals surface area contributed by atoms with E-state index in [-0.39, 0.29) is 29.1 Å². The SMILES string of the molecule is CCN(CC(=O)NC(C)(C)C)C(=O)C(C)Sc1ccc(OC)cc1. The fourth-order valence-corrected chi connectivity index (χ4v) is 3.09. The maximum absolute atomic E-state index is 12.6. The van der Waals surface area contributed by atoms with Crippen molar-refractivity contribution in [2.75, 3.05) is 20.2 Å². The van der Waals surface area contributed by atoms with Crippen molar-refractivity contribution in [1.29, 1.82) is 0 Å². The summed E-state index contributed by atoms with van der Waals surface area (Å²) < 4.78 is 5.13. The van der Waals surface area contributed by atoms with E-state index in [1.165, 1.54) is 11.8 Å². The van der Waals surface area contributed by atoms with Crippen LogP contribution in [0.4, 0.5) is 0 Å². The van der Waals surface area contributed by atoms with Crippen LogP contribution in [0.2, 0.25) is 0 Å². The van der Waals surface area contributed by atoms with Gasteiger partial charge in [-0.2, -0.15) is 0 Å². The van der Waals surface area contributed by atoms with Gasteiger partial charge in [0, 0.05) is 17.0 Å². The van der Waals surface area contributed by atoms with E-state index in [9.17, 15) is 9.59 Å². The number of nitrogens with one attached hydrogen (secondary N) is 1. The van der Waals surface area contributed by atoms with Crippen molar-refractivity contribution in [2.45, 2.75) is 50.3 Å². The van der Waals surface area contributed by atoms with Gasteiger partial charge in [0.2, 0.25) is 11.8 Å². The van der Waals surface area contributed by atoms with Gasteiger partial charge >= 0.3 is 0 Å². The minimum Gasteiger partial charge on any atom is -0.497 e. The smallest absolute Gasteiger partial charge is 0.240 e. The number of benzene rings is 1. The van der Waals surface area contributed by atoms with Crippen LogP contribution >= 0.6 is 11.8 Å². The first-order chi connectivity index (χ1) is 11.2. The van der Waals surface area contributed by atoms with Crippen LogP contribution in [0.25, 0.3) is 0 Å². The van der Waals surface area contributed by atoms with Gasteiger partial charge < -0.3 is 15.0 Å². The van der Waals surface area contributed by atoms with E-state index < -0.39 is 0 Å². The largest absolute Gasteiger partial charge is 0.497 e. The van der Waals surface area contributed by atoms with E-state index in [2.05, 4.69) is 5.32 Å². The van der Waals surface area contributed by atoms with Crippen LogP contribution in [0.15, 0.2) is 29.2 Å². The molecule has 0 fully saturated rings. The first-order valence-corrected chi connectivity index (χ1v) is 8.94. The van der Waals surface area contributed by atoms with Gasteiger partial charge in [-0.15, -0.1) is 11.8 Å². The summed E-state index contributed by atoms with van der Waals surface area (Å²) >= 11 is 1.48. The van der Waals surface area contributed by atoms with Crippen molar-refractivity contribution >= 4 is 23.6 Å². The molecule has 1 rings (SSSR count). The predicted molar refractivity (Wildman–Crippen MR) is 98.5 cm³/mol. The Labute approximate surface area is 149 Å². The lowest BCUT2D eigenvalue weighted by Gasteiger charge is -2.26. The third kappa shape index (κ3) is 6.83. The maximum atomic E-state index is 12.6.